The Kier molecular flexibility index (Phi) is 4.37. The number of benzene rings is 1. The zero-order valence-electron chi connectivity index (χ0n) is 15.5. The van der Waals surface area contributed by atoms with Crippen molar-refractivity contribution in [1.82, 2.24) is 0 Å². The predicted octanol–water partition coefficient (Wildman–Crippen LogP) is 6.82. The van der Waals surface area contributed by atoms with E-state index < -0.39 is 0 Å². The molecule has 0 fully saturated rings. The van der Waals surface area contributed by atoms with E-state index >= 15 is 0 Å². The molecule has 3 aliphatic carbocycles. The Morgan fingerprint density at radius 1 is 1.00 bits per heavy atom. The van der Waals surface area contributed by atoms with Gasteiger partial charge >= 0.3 is 0 Å². The van der Waals surface area contributed by atoms with Crippen LogP contribution in [0.2, 0.25) is 0 Å². The molecule has 0 radical (unpaired) electrons. The molecule has 1 atom stereocenters. The molecule has 0 saturated heterocycles. The molecule has 0 amide bonds. The standard InChI is InChI=1S/C25H28/c1-25(2,17-19-10-4-3-5-11-19)18-24-22-14-8-6-12-20(22)16-21-13-7-9-15-23(21)24/h4,6-15,20H,3,5,16-18H2,1-2H3. The molecule has 1 aromatic rings. The molecule has 0 spiro atoms. The molecule has 0 heterocycles. The van der Waals surface area contributed by atoms with Crippen LogP contribution < -0.4 is 0 Å². The summed E-state index contributed by atoms with van der Waals surface area (Å²) >= 11 is 0. The first kappa shape index (κ1) is 16.4. The summed E-state index contributed by atoms with van der Waals surface area (Å²) in [6, 6.07) is 9.03. The van der Waals surface area contributed by atoms with Crippen LogP contribution in [0.15, 0.2) is 77.9 Å². The summed E-state index contributed by atoms with van der Waals surface area (Å²) in [5.41, 5.74) is 7.88. The van der Waals surface area contributed by atoms with Crippen molar-refractivity contribution < 1.29 is 0 Å². The highest BCUT2D eigenvalue weighted by molar-refractivity contribution is 5.77. The first-order valence-electron chi connectivity index (χ1n) is 9.64. The smallest absolute Gasteiger partial charge is 0.00646 e. The molecule has 0 bridgehead atoms. The van der Waals surface area contributed by atoms with Gasteiger partial charge in [0.15, 0.2) is 0 Å². The van der Waals surface area contributed by atoms with Crippen LogP contribution in [-0.2, 0) is 6.42 Å². The summed E-state index contributed by atoms with van der Waals surface area (Å²) in [6.07, 6.45) is 22.1. The molecule has 0 N–H and O–H groups in total. The third kappa shape index (κ3) is 3.49. The zero-order valence-corrected chi connectivity index (χ0v) is 15.5. The van der Waals surface area contributed by atoms with E-state index in [9.17, 15) is 0 Å². The number of rotatable bonds is 4. The van der Waals surface area contributed by atoms with Crippen molar-refractivity contribution in [2.24, 2.45) is 11.3 Å². The number of fused-ring (bicyclic) bond motifs is 2. The minimum absolute atomic E-state index is 0.264. The predicted molar refractivity (Wildman–Crippen MR) is 108 cm³/mol. The second-order valence-electron chi connectivity index (χ2n) is 8.42. The van der Waals surface area contributed by atoms with Gasteiger partial charge in [0, 0.05) is 5.92 Å². The van der Waals surface area contributed by atoms with Gasteiger partial charge in [-0.25, -0.2) is 0 Å². The Morgan fingerprint density at radius 2 is 1.88 bits per heavy atom. The highest BCUT2D eigenvalue weighted by atomic mass is 14.3. The maximum absolute atomic E-state index is 2.43. The van der Waals surface area contributed by atoms with Crippen molar-refractivity contribution in [1.29, 1.82) is 0 Å². The van der Waals surface area contributed by atoms with Crippen molar-refractivity contribution in [2.45, 2.75) is 46.0 Å². The molecule has 4 rings (SSSR count). The van der Waals surface area contributed by atoms with Gasteiger partial charge < -0.3 is 0 Å². The number of allylic oxidation sites excluding steroid dienone is 10. The Morgan fingerprint density at radius 3 is 2.72 bits per heavy atom. The van der Waals surface area contributed by atoms with Gasteiger partial charge in [-0.1, -0.05) is 86.2 Å². The topological polar surface area (TPSA) is 0 Å². The van der Waals surface area contributed by atoms with Crippen molar-refractivity contribution in [3.63, 3.8) is 0 Å². The quantitative estimate of drug-likeness (QED) is 0.569. The van der Waals surface area contributed by atoms with Crippen LogP contribution >= 0.6 is 0 Å². The van der Waals surface area contributed by atoms with Gasteiger partial charge in [0.05, 0.1) is 0 Å². The fraction of sp³-hybridized carbons (Fsp3) is 0.360. The Bertz CT molecular complexity index is 808. The Hall–Kier alpha value is -2.08. The van der Waals surface area contributed by atoms with E-state index in [0.717, 1.165) is 19.3 Å². The lowest BCUT2D eigenvalue weighted by Gasteiger charge is -2.34. The van der Waals surface area contributed by atoms with Crippen LogP contribution in [0.25, 0.3) is 5.57 Å². The average Bonchev–Trinajstić information content (AvgIpc) is 2.62. The van der Waals surface area contributed by atoms with Crippen molar-refractivity contribution >= 4 is 5.57 Å². The Balaban J connectivity index is 1.67. The van der Waals surface area contributed by atoms with Crippen molar-refractivity contribution in [3.8, 4) is 0 Å². The summed E-state index contributed by atoms with van der Waals surface area (Å²) in [7, 11) is 0. The Labute approximate surface area is 152 Å². The molecule has 128 valence electrons. The first-order valence-corrected chi connectivity index (χ1v) is 9.64. The monoisotopic (exact) mass is 328 g/mol. The molecule has 0 saturated carbocycles. The maximum Gasteiger partial charge on any atom is 0.00646 e. The molecule has 0 aliphatic heterocycles. The van der Waals surface area contributed by atoms with E-state index in [4.69, 9.17) is 0 Å². The molecule has 25 heavy (non-hydrogen) atoms. The number of hydrogen-bond donors (Lipinski definition) is 0. The molecule has 3 aliphatic rings. The fourth-order valence-electron chi connectivity index (χ4n) is 4.56. The highest BCUT2D eigenvalue weighted by Gasteiger charge is 2.29. The second-order valence-corrected chi connectivity index (χ2v) is 8.42. The van der Waals surface area contributed by atoms with Gasteiger partial charge in [0.1, 0.15) is 0 Å². The van der Waals surface area contributed by atoms with Gasteiger partial charge in [-0.3, -0.25) is 0 Å². The average molecular weight is 328 g/mol. The normalized spacial score (nSPS) is 21.8. The molecule has 0 nitrogen and oxygen atoms in total. The maximum atomic E-state index is 2.43. The molecular weight excluding hydrogens is 300 g/mol. The van der Waals surface area contributed by atoms with E-state index in [1.807, 2.05) is 0 Å². The molecule has 1 unspecified atom stereocenters. The lowest BCUT2D eigenvalue weighted by Crippen LogP contribution is -2.20. The molecular formula is C25H28. The lowest BCUT2D eigenvalue weighted by molar-refractivity contribution is 0.374. The van der Waals surface area contributed by atoms with Crippen LogP contribution in [0.3, 0.4) is 0 Å². The first-order chi connectivity index (χ1) is 12.1. The van der Waals surface area contributed by atoms with E-state index in [1.54, 1.807) is 11.1 Å². The zero-order chi connectivity index (χ0) is 17.3. The molecule has 0 aromatic heterocycles. The molecule has 0 heteroatoms. The van der Waals surface area contributed by atoms with Gasteiger partial charge in [-0.05, 0) is 59.8 Å². The SMILES string of the molecule is CC(C)(CC1=CCCC=C1)CC1=C2C=CC=CC2Cc2ccccc21. The summed E-state index contributed by atoms with van der Waals surface area (Å²) in [5.74, 6) is 0.555. The summed E-state index contributed by atoms with van der Waals surface area (Å²) < 4.78 is 0. The lowest BCUT2D eigenvalue weighted by atomic mass is 9.70. The van der Waals surface area contributed by atoms with Crippen LogP contribution in [0.5, 0.6) is 0 Å². The van der Waals surface area contributed by atoms with Crippen LogP contribution in [0, 0.1) is 11.3 Å². The summed E-state index contributed by atoms with van der Waals surface area (Å²) in [4.78, 5) is 0. The summed E-state index contributed by atoms with van der Waals surface area (Å²) in [6.45, 7) is 4.86. The minimum atomic E-state index is 0.264. The van der Waals surface area contributed by atoms with E-state index in [1.165, 1.54) is 29.5 Å². The van der Waals surface area contributed by atoms with Gasteiger partial charge in [-0.2, -0.15) is 0 Å². The van der Waals surface area contributed by atoms with E-state index in [0.29, 0.717) is 5.92 Å². The third-order valence-corrected chi connectivity index (χ3v) is 5.67. The van der Waals surface area contributed by atoms with E-state index in [-0.39, 0.29) is 5.41 Å². The van der Waals surface area contributed by atoms with Crippen LogP contribution in [0.4, 0.5) is 0 Å². The van der Waals surface area contributed by atoms with E-state index in [2.05, 4.69) is 80.6 Å². The van der Waals surface area contributed by atoms with Crippen LogP contribution in [-0.4, -0.2) is 0 Å². The summed E-state index contributed by atoms with van der Waals surface area (Å²) in [5, 5.41) is 0. The van der Waals surface area contributed by atoms with Crippen molar-refractivity contribution in [2.75, 3.05) is 0 Å². The van der Waals surface area contributed by atoms with Gasteiger partial charge in [0.25, 0.3) is 0 Å². The fourth-order valence-corrected chi connectivity index (χ4v) is 4.56. The van der Waals surface area contributed by atoms with Gasteiger partial charge in [0.2, 0.25) is 0 Å². The third-order valence-electron chi connectivity index (χ3n) is 5.67. The number of hydrogen-bond acceptors (Lipinski definition) is 0. The van der Waals surface area contributed by atoms with Gasteiger partial charge in [-0.15, -0.1) is 0 Å². The largest absolute Gasteiger partial charge is 0.0840 e. The minimum Gasteiger partial charge on any atom is -0.0840 e. The second kappa shape index (κ2) is 6.67. The van der Waals surface area contributed by atoms with Crippen LogP contribution in [0.1, 0.15) is 50.7 Å². The highest BCUT2D eigenvalue weighted by Crippen LogP contribution is 2.45. The molecule has 1 aromatic carbocycles. The van der Waals surface area contributed by atoms with Crippen molar-refractivity contribution in [3.05, 3.63) is 89.1 Å².